The Bertz CT molecular complexity index is 354. The minimum Gasteiger partial charge on any atom is -0.379 e. The summed E-state index contributed by atoms with van der Waals surface area (Å²) in [5, 5.41) is 7.79. The van der Waals surface area contributed by atoms with Crippen LogP contribution in [0.3, 0.4) is 0 Å². The Morgan fingerprint density at radius 2 is 2.17 bits per heavy atom. The average Bonchev–Trinajstić information content (AvgIpc) is 2.72. The van der Waals surface area contributed by atoms with Gasteiger partial charge >= 0.3 is 0 Å². The minimum atomic E-state index is 0.165. The van der Waals surface area contributed by atoms with Gasteiger partial charge in [0.15, 0.2) is 0 Å². The van der Waals surface area contributed by atoms with Gasteiger partial charge in [0.05, 0.1) is 28.5 Å². The van der Waals surface area contributed by atoms with Crippen LogP contribution in [0, 0.1) is 0 Å². The number of ether oxygens (including phenoxy) is 1. The lowest BCUT2D eigenvalue weighted by atomic mass is 10.0. The highest BCUT2D eigenvalue weighted by molar-refractivity contribution is 9.10. The van der Waals surface area contributed by atoms with Gasteiger partial charge in [0.2, 0.25) is 0 Å². The second kappa shape index (κ2) is 7.92. The summed E-state index contributed by atoms with van der Waals surface area (Å²) in [6, 6.07) is 0.165. The molecule has 1 aromatic heterocycles. The number of methoxy groups -OCH3 is 1. The summed E-state index contributed by atoms with van der Waals surface area (Å²) in [6.07, 6.45) is 5.25. The van der Waals surface area contributed by atoms with E-state index >= 15 is 0 Å². The first-order chi connectivity index (χ1) is 8.69. The Morgan fingerprint density at radius 3 is 2.67 bits per heavy atom. The van der Waals surface area contributed by atoms with Crippen molar-refractivity contribution < 1.29 is 4.74 Å². The zero-order valence-electron chi connectivity index (χ0n) is 11.7. The summed E-state index contributed by atoms with van der Waals surface area (Å²) >= 11 is 3.60. The average molecular weight is 318 g/mol. The first-order valence-electron chi connectivity index (χ1n) is 6.60. The lowest BCUT2D eigenvalue weighted by Crippen LogP contribution is -2.33. The molecule has 2 unspecified atom stereocenters. The number of rotatable bonds is 8. The zero-order valence-corrected chi connectivity index (χ0v) is 13.3. The number of nitrogens with zero attached hydrogens (tertiary/aromatic N) is 2. The van der Waals surface area contributed by atoms with Crippen molar-refractivity contribution in [3.05, 3.63) is 16.4 Å². The van der Waals surface area contributed by atoms with Crippen LogP contribution in [-0.4, -0.2) is 30.0 Å². The highest BCUT2D eigenvalue weighted by atomic mass is 79.9. The predicted molar refractivity (Wildman–Crippen MR) is 77.7 cm³/mol. The van der Waals surface area contributed by atoms with Crippen molar-refractivity contribution >= 4 is 15.9 Å². The fourth-order valence-electron chi connectivity index (χ4n) is 2.27. The van der Waals surface area contributed by atoms with E-state index in [1.165, 1.54) is 5.69 Å². The van der Waals surface area contributed by atoms with Gasteiger partial charge in [0.1, 0.15) is 0 Å². The monoisotopic (exact) mass is 317 g/mol. The lowest BCUT2D eigenvalue weighted by molar-refractivity contribution is 0.0600. The van der Waals surface area contributed by atoms with Crippen LogP contribution in [-0.2, 0) is 11.3 Å². The van der Waals surface area contributed by atoms with E-state index in [1.54, 1.807) is 7.11 Å². The SMILES string of the molecule is CCCC(OC)C(NC)c1c(Br)cnn1CCC. The molecule has 0 radical (unpaired) electrons. The Labute approximate surface area is 118 Å². The van der Waals surface area contributed by atoms with Gasteiger partial charge in [0, 0.05) is 13.7 Å². The number of hydrogen-bond donors (Lipinski definition) is 1. The van der Waals surface area contributed by atoms with Crippen LogP contribution < -0.4 is 5.32 Å². The third kappa shape index (κ3) is 3.56. The standard InChI is InChI=1S/C13H24BrN3O/c1-5-7-11(18-4)12(15-3)13-10(14)9-16-17(13)8-6-2/h9,11-12,15H,5-8H2,1-4H3. The molecule has 0 aliphatic carbocycles. The van der Waals surface area contributed by atoms with Crippen molar-refractivity contribution in [3.8, 4) is 0 Å². The molecule has 0 aliphatic heterocycles. The topological polar surface area (TPSA) is 39.1 Å². The first-order valence-corrected chi connectivity index (χ1v) is 7.40. The molecule has 104 valence electrons. The number of likely N-dealkylation sites (N-methyl/N-ethyl adjacent to an activating group) is 1. The molecule has 0 spiro atoms. The Kier molecular flexibility index (Phi) is 6.89. The maximum atomic E-state index is 5.63. The Hall–Kier alpha value is -0.390. The molecule has 18 heavy (non-hydrogen) atoms. The third-order valence-electron chi connectivity index (χ3n) is 3.12. The van der Waals surface area contributed by atoms with Crippen LogP contribution in [0.5, 0.6) is 0 Å². The number of hydrogen-bond acceptors (Lipinski definition) is 3. The van der Waals surface area contributed by atoms with Gasteiger partial charge in [-0.05, 0) is 35.8 Å². The third-order valence-corrected chi connectivity index (χ3v) is 3.73. The second-order valence-corrected chi connectivity index (χ2v) is 5.28. The molecular weight excluding hydrogens is 294 g/mol. The van der Waals surface area contributed by atoms with Gasteiger partial charge in [-0.1, -0.05) is 20.3 Å². The van der Waals surface area contributed by atoms with Crippen LogP contribution in [0.15, 0.2) is 10.7 Å². The number of nitrogens with one attached hydrogen (secondary N) is 1. The molecule has 4 nitrogen and oxygen atoms in total. The summed E-state index contributed by atoms with van der Waals surface area (Å²) in [4.78, 5) is 0. The van der Waals surface area contributed by atoms with Gasteiger partial charge in [-0.15, -0.1) is 0 Å². The Morgan fingerprint density at radius 1 is 1.44 bits per heavy atom. The van der Waals surface area contributed by atoms with Crippen molar-refractivity contribution in [2.45, 2.75) is 51.8 Å². The van der Waals surface area contributed by atoms with Crippen LogP contribution in [0.2, 0.25) is 0 Å². The first kappa shape index (κ1) is 15.7. The molecule has 0 bridgehead atoms. The van der Waals surface area contributed by atoms with E-state index in [1.807, 2.05) is 13.2 Å². The molecule has 0 saturated carbocycles. The van der Waals surface area contributed by atoms with Crippen LogP contribution in [0.1, 0.15) is 44.8 Å². The maximum absolute atomic E-state index is 5.63. The van der Waals surface area contributed by atoms with Crippen molar-refractivity contribution in [1.82, 2.24) is 15.1 Å². The molecule has 0 aliphatic rings. The van der Waals surface area contributed by atoms with E-state index in [0.29, 0.717) is 0 Å². The predicted octanol–water partition coefficient (Wildman–Crippen LogP) is 3.13. The number of aromatic nitrogens is 2. The molecule has 1 heterocycles. The van der Waals surface area contributed by atoms with Gasteiger partial charge in [-0.25, -0.2) is 0 Å². The molecule has 0 amide bonds. The zero-order chi connectivity index (χ0) is 13.5. The van der Waals surface area contributed by atoms with Crippen molar-refractivity contribution in [1.29, 1.82) is 0 Å². The van der Waals surface area contributed by atoms with E-state index in [2.05, 4.69) is 44.9 Å². The molecule has 2 atom stereocenters. The molecule has 0 fully saturated rings. The van der Waals surface area contributed by atoms with Crippen LogP contribution >= 0.6 is 15.9 Å². The second-order valence-electron chi connectivity index (χ2n) is 4.43. The van der Waals surface area contributed by atoms with E-state index in [-0.39, 0.29) is 12.1 Å². The largest absolute Gasteiger partial charge is 0.379 e. The fourth-order valence-corrected chi connectivity index (χ4v) is 2.82. The van der Waals surface area contributed by atoms with Crippen molar-refractivity contribution in [2.75, 3.05) is 14.2 Å². The molecule has 1 N–H and O–H groups in total. The Balaban J connectivity index is 3.02. The van der Waals surface area contributed by atoms with E-state index in [0.717, 1.165) is 30.3 Å². The summed E-state index contributed by atoms with van der Waals surface area (Å²) in [5.41, 5.74) is 1.18. The number of halogens is 1. The van der Waals surface area contributed by atoms with E-state index in [9.17, 15) is 0 Å². The van der Waals surface area contributed by atoms with E-state index < -0.39 is 0 Å². The smallest absolute Gasteiger partial charge is 0.0781 e. The van der Waals surface area contributed by atoms with Gasteiger partial charge < -0.3 is 10.1 Å². The molecule has 0 aromatic carbocycles. The fraction of sp³-hybridized carbons (Fsp3) is 0.769. The van der Waals surface area contributed by atoms with Crippen LogP contribution in [0.25, 0.3) is 0 Å². The van der Waals surface area contributed by atoms with Crippen molar-refractivity contribution in [2.24, 2.45) is 0 Å². The molecule has 1 aromatic rings. The molecule has 1 rings (SSSR count). The number of aryl methyl sites for hydroxylation is 1. The van der Waals surface area contributed by atoms with Gasteiger partial charge in [-0.2, -0.15) is 5.10 Å². The minimum absolute atomic E-state index is 0.165. The lowest BCUT2D eigenvalue weighted by Gasteiger charge is -2.26. The maximum Gasteiger partial charge on any atom is 0.0781 e. The van der Waals surface area contributed by atoms with Gasteiger partial charge in [0.25, 0.3) is 0 Å². The molecular formula is C13H24BrN3O. The summed E-state index contributed by atoms with van der Waals surface area (Å²) in [6.45, 7) is 5.27. The van der Waals surface area contributed by atoms with Gasteiger partial charge in [-0.3, -0.25) is 4.68 Å². The van der Waals surface area contributed by atoms with Crippen LogP contribution in [0.4, 0.5) is 0 Å². The summed E-state index contributed by atoms with van der Waals surface area (Å²) in [5.74, 6) is 0. The summed E-state index contributed by atoms with van der Waals surface area (Å²) < 4.78 is 8.74. The highest BCUT2D eigenvalue weighted by Gasteiger charge is 2.26. The highest BCUT2D eigenvalue weighted by Crippen LogP contribution is 2.28. The summed E-state index contributed by atoms with van der Waals surface area (Å²) in [7, 11) is 3.75. The molecule has 0 saturated heterocycles. The van der Waals surface area contributed by atoms with Crippen molar-refractivity contribution in [3.63, 3.8) is 0 Å². The quantitative estimate of drug-likeness (QED) is 0.800. The normalized spacial score (nSPS) is 14.7. The van der Waals surface area contributed by atoms with E-state index in [4.69, 9.17) is 4.74 Å². The molecule has 5 heteroatoms.